The van der Waals surface area contributed by atoms with Gasteiger partial charge in [0.2, 0.25) is 0 Å². The molecule has 27 heavy (non-hydrogen) atoms. The Bertz CT molecular complexity index is 1020. The summed E-state index contributed by atoms with van der Waals surface area (Å²) in [5.41, 5.74) is 3.42. The van der Waals surface area contributed by atoms with Crippen LogP contribution in [-0.2, 0) is 11.3 Å². The van der Waals surface area contributed by atoms with Gasteiger partial charge in [0, 0.05) is 31.2 Å². The van der Waals surface area contributed by atoms with Crippen molar-refractivity contribution in [1.29, 1.82) is 0 Å². The van der Waals surface area contributed by atoms with Crippen molar-refractivity contribution >= 4 is 40.2 Å². The first-order valence-corrected chi connectivity index (χ1v) is 9.23. The quantitative estimate of drug-likeness (QED) is 0.390. The standard InChI is InChI=1S/C20H20N4O2S/c1-21-20(22-2)19(27-13-25)10-14-7-8-17-16(9-14)12-24(23-17)11-15-5-3-4-6-18(15)26/h3-10,12-13,26H,11H2,1-2H3,(H,21,22)/b19-10-. The molecule has 0 aliphatic carbocycles. The van der Waals surface area contributed by atoms with Gasteiger partial charge in [0.05, 0.1) is 17.0 Å². The highest BCUT2D eigenvalue weighted by molar-refractivity contribution is 8.16. The van der Waals surface area contributed by atoms with Crippen LogP contribution in [0.1, 0.15) is 11.1 Å². The Hall–Kier alpha value is -3.06. The zero-order chi connectivity index (χ0) is 19.2. The summed E-state index contributed by atoms with van der Waals surface area (Å²) in [6.07, 6.45) is 3.86. The summed E-state index contributed by atoms with van der Waals surface area (Å²) in [5, 5.41) is 18.5. The molecule has 0 aliphatic heterocycles. The lowest BCUT2D eigenvalue weighted by Crippen LogP contribution is -2.19. The number of carbonyl (C=O) groups excluding carboxylic acids is 1. The molecule has 1 aromatic heterocycles. The molecule has 0 amide bonds. The molecule has 2 aromatic carbocycles. The van der Waals surface area contributed by atoms with Gasteiger partial charge >= 0.3 is 0 Å². The van der Waals surface area contributed by atoms with Crippen LogP contribution in [0.25, 0.3) is 17.0 Å². The molecule has 138 valence electrons. The van der Waals surface area contributed by atoms with E-state index in [4.69, 9.17) is 0 Å². The molecule has 0 saturated carbocycles. The lowest BCUT2D eigenvalue weighted by Gasteiger charge is -2.06. The van der Waals surface area contributed by atoms with E-state index in [0.717, 1.165) is 44.3 Å². The predicted molar refractivity (Wildman–Crippen MR) is 112 cm³/mol. The number of hydrogen-bond donors (Lipinski definition) is 2. The van der Waals surface area contributed by atoms with E-state index in [1.807, 2.05) is 42.6 Å². The zero-order valence-corrected chi connectivity index (χ0v) is 15.9. The molecular formula is C20H20N4O2S. The maximum absolute atomic E-state index is 11.0. The van der Waals surface area contributed by atoms with Crippen LogP contribution < -0.4 is 5.32 Å². The second-order valence-electron chi connectivity index (χ2n) is 5.82. The molecule has 0 aliphatic rings. The number of nitrogens with zero attached hydrogens (tertiary/aromatic N) is 3. The highest BCUT2D eigenvalue weighted by Gasteiger charge is 2.08. The molecule has 0 bridgehead atoms. The number of likely N-dealkylation sites (N-methyl/N-ethyl adjacent to an activating group) is 1. The number of phenols is 1. The van der Waals surface area contributed by atoms with Gasteiger partial charge in [0.15, 0.2) is 5.62 Å². The largest absolute Gasteiger partial charge is 0.508 e. The fourth-order valence-corrected chi connectivity index (χ4v) is 3.40. The van der Waals surface area contributed by atoms with E-state index in [1.165, 1.54) is 0 Å². The van der Waals surface area contributed by atoms with Crippen LogP contribution in [0.5, 0.6) is 5.75 Å². The molecule has 0 radical (unpaired) electrons. The number of benzene rings is 2. The summed E-state index contributed by atoms with van der Waals surface area (Å²) >= 11 is 1.08. The Morgan fingerprint density at radius 2 is 2.15 bits per heavy atom. The fraction of sp³-hybridized carbons (Fsp3) is 0.150. The maximum atomic E-state index is 11.0. The van der Waals surface area contributed by atoms with Crippen molar-refractivity contribution in [3.63, 3.8) is 0 Å². The molecule has 0 unspecified atom stereocenters. The number of rotatable bonds is 6. The minimum absolute atomic E-state index is 0.259. The van der Waals surface area contributed by atoms with Gasteiger partial charge in [-0.25, -0.2) is 0 Å². The van der Waals surface area contributed by atoms with Crippen LogP contribution in [0, 0.1) is 0 Å². The van der Waals surface area contributed by atoms with Crippen molar-refractivity contribution in [2.24, 2.45) is 4.99 Å². The second kappa shape index (κ2) is 8.55. The number of phenolic OH excluding ortho intramolecular Hbond substituents is 1. The average Bonchev–Trinajstić information content (AvgIpc) is 3.06. The third-order valence-electron chi connectivity index (χ3n) is 4.07. The Balaban J connectivity index is 1.92. The molecule has 0 atom stereocenters. The smallest absolute Gasteiger partial charge is 0.181 e. The lowest BCUT2D eigenvalue weighted by molar-refractivity contribution is 0.464. The van der Waals surface area contributed by atoms with Crippen LogP contribution >= 0.6 is 11.8 Å². The third-order valence-corrected chi connectivity index (χ3v) is 4.73. The Labute approximate surface area is 161 Å². The van der Waals surface area contributed by atoms with Crippen molar-refractivity contribution in [3.05, 3.63) is 64.7 Å². The van der Waals surface area contributed by atoms with Crippen LogP contribution in [0.2, 0.25) is 0 Å². The third kappa shape index (κ3) is 4.38. The molecular weight excluding hydrogens is 360 g/mol. The number of carbonyl (C=O) groups is 1. The second-order valence-corrected chi connectivity index (χ2v) is 6.69. The van der Waals surface area contributed by atoms with Gasteiger partial charge in [-0.05, 0) is 29.8 Å². The molecule has 1 heterocycles. The fourth-order valence-electron chi connectivity index (χ4n) is 2.79. The molecule has 3 rings (SSSR count). The van der Waals surface area contributed by atoms with Crippen molar-refractivity contribution in [3.8, 4) is 5.75 Å². The van der Waals surface area contributed by atoms with E-state index < -0.39 is 0 Å². The van der Waals surface area contributed by atoms with Gasteiger partial charge < -0.3 is 10.4 Å². The van der Waals surface area contributed by atoms with E-state index in [1.54, 1.807) is 30.9 Å². The molecule has 6 nitrogen and oxygen atoms in total. The van der Waals surface area contributed by atoms with Crippen molar-refractivity contribution < 1.29 is 9.90 Å². The number of hydrogen-bond acceptors (Lipinski definition) is 5. The molecule has 0 fully saturated rings. The van der Waals surface area contributed by atoms with E-state index in [2.05, 4.69) is 15.4 Å². The van der Waals surface area contributed by atoms with Gasteiger partial charge in [-0.3, -0.25) is 14.5 Å². The number of aromatic nitrogens is 2. The summed E-state index contributed by atoms with van der Waals surface area (Å²) in [7, 11) is 3.45. The first-order valence-electron chi connectivity index (χ1n) is 8.35. The van der Waals surface area contributed by atoms with Crippen LogP contribution in [-0.4, -0.2) is 40.4 Å². The number of aliphatic imine (C=N–C) groups is 1. The number of amidine groups is 1. The highest BCUT2D eigenvalue weighted by Crippen LogP contribution is 2.22. The van der Waals surface area contributed by atoms with Crippen molar-refractivity contribution in [2.45, 2.75) is 6.54 Å². The zero-order valence-electron chi connectivity index (χ0n) is 15.1. The summed E-state index contributed by atoms with van der Waals surface area (Å²) in [5.74, 6) is 0.914. The first-order chi connectivity index (χ1) is 13.1. The SMILES string of the molecule is CN=C(NC)/C(=C/c1ccc2nn(Cc3ccccc3O)cc2c1)SC=O. The highest BCUT2D eigenvalue weighted by atomic mass is 32.2. The van der Waals surface area contributed by atoms with E-state index in [-0.39, 0.29) is 5.75 Å². The number of para-hydroxylation sites is 1. The normalized spacial score (nSPS) is 12.4. The van der Waals surface area contributed by atoms with Gasteiger partial charge in [-0.2, -0.15) is 5.10 Å². The first kappa shape index (κ1) is 18.7. The topological polar surface area (TPSA) is 79.5 Å². The van der Waals surface area contributed by atoms with Crippen LogP contribution in [0.4, 0.5) is 0 Å². The molecule has 2 N–H and O–H groups in total. The number of fused-ring (bicyclic) bond motifs is 1. The van der Waals surface area contributed by atoms with Gasteiger partial charge in [-0.15, -0.1) is 0 Å². The van der Waals surface area contributed by atoms with Gasteiger partial charge in [0.25, 0.3) is 0 Å². The molecule has 7 heteroatoms. The minimum Gasteiger partial charge on any atom is -0.508 e. The molecule has 0 spiro atoms. The van der Waals surface area contributed by atoms with Crippen molar-refractivity contribution in [2.75, 3.05) is 14.1 Å². The average molecular weight is 380 g/mol. The molecule has 0 saturated heterocycles. The summed E-state index contributed by atoms with van der Waals surface area (Å²) < 4.78 is 1.81. The van der Waals surface area contributed by atoms with Crippen molar-refractivity contribution in [1.82, 2.24) is 15.1 Å². The Morgan fingerprint density at radius 1 is 1.33 bits per heavy atom. The maximum Gasteiger partial charge on any atom is 0.181 e. The van der Waals surface area contributed by atoms with Gasteiger partial charge in [0.1, 0.15) is 11.6 Å². The number of nitrogens with one attached hydrogen (secondary N) is 1. The number of aromatic hydroxyl groups is 1. The summed E-state index contributed by atoms with van der Waals surface area (Å²) in [6, 6.07) is 13.1. The molecule has 3 aromatic rings. The van der Waals surface area contributed by atoms with E-state index in [0.29, 0.717) is 12.4 Å². The minimum atomic E-state index is 0.259. The number of thioether (sulfide) groups is 1. The van der Waals surface area contributed by atoms with E-state index >= 15 is 0 Å². The van der Waals surface area contributed by atoms with Gasteiger partial charge in [-0.1, -0.05) is 36.0 Å². The predicted octanol–water partition coefficient (Wildman–Crippen LogP) is 3.30. The lowest BCUT2D eigenvalue weighted by atomic mass is 10.1. The van der Waals surface area contributed by atoms with Crippen LogP contribution in [0.3, 0.4) is 0 Å². The van der Waals surface area contributed by atoms with E-state index in [9.17, 15) is 9.90 Å². The summed E-state index contributed by atoms with van der Waals surface area (Å²) in [4.78, 5) is 15.9. The summed E-state index contributed by atoms with van der Waals surface area (Å²) in [6.45, 7) is 0.491. The van der Waals surface area contributed by atoms with Crippen LogP contribution in [0.15, 0.2) is 58.6 Å². The monoisotopic (exact) mass is 380 g/mol. The Kier molecular flexibility index (Phi) is 5.93. The Morgan fingerprint density at radius 3 is 2.85 bits per heavy atom.